The van der Waals surface area contributed by atoms with Crippen molar-refractivity contribution in [3.8, 4) is 0 Å². The van der Waals surface area contributed by atoms with Gasteiger partial charge in [-0.1, -0.05) is 32.1 Å². The van der Waals surface area contributed by atoms with E-state index in [2.05, 4.69) is 0 Å². The third-order valence-electron chi connectivity index (χ3n) is 3.39. The lowest BCUT2D eigenvalue weighted by Gasteiger charge is -2.23. The fraction of sp³-hybridized carbons (Fsp3) is 0.375. The molecule has 0 amide bonds. The summed E-state index contributed by atoms with van der Waals surface area (Å²) in [5.41, 5.74) is -2.56. The van der Waals surface area contributed by atoms with Crippen LogP contribution in [-0.2, 0) is 12.4 Å². The molecule has 0 aliphatic heterocycles. The van der Waals surface area contributed by atoms with Crippen LogP contribution in [0.3, 0.4) is 0 Å². The van der Waals surface area contributed by atoms with Gasteiger partial charge in [-0.05, 0) is 35.8 Å². The standard InChI is InChI=1S/C16H14F6/c1-14(2)5-3-4-10(9-14)11-6-12(15(17,18)19)8-13(7-11)16(20,21)22/h3,5-9H,4H2,1-2H3. The van der Waals surface area contributed by atoms with Gasteiger partial charge < -0.3 is 0 Å². The Balaban J connectivity index is 2.59. The molecule has 0 N–H and O–H groups in total. The van der Waals surface area contributed by atoms with Crippen LogP contribution >= 0.6 is 0 Å². The molecule has 1 aliphatic carbocycles. The summed E-state index contributed by atoms with van der Waals surface area (Å²) in [6.45, 7) is 3.67. The Morgan fingerprint density at radius 2 is 1.36 bits per heavy atom. The van der Waals surface area contributed by atoms with Gasteiger partial charge in [-0.2, -0.15) is 26.3 Å². The highest BCUT2D eigenvalue weighted by Crippen LogP contribution is 2.40. The number of hydrogen-bond acceptors (Lipinski definition) is 0. The van der Waals surface area contributed by atoms with E-state index in [-0.39, 0.29) is 11.6 Å². The smallest absolute Gasteiger partial charge is 0.166 e. The van der Waals surface area contributed by atoms with Crippen LogP contribution in [0, 0.1) is 5.41 Å². The predicted molar refractivity (Wildman–Crippen MR) is 72.0 cm³/mol. The van der Waals surface area contributed by atoms with Crippen molar-refractivity contribution in [2.45, 2.75) is 32.6 Å². The molecule has 0 unspecified atom stereocenters. The summed E-state index contributed by atoms with van der Waals surface area (Å²) in [5.74, 6) is 0. The molecule has 0 aromatic heterocycles. The lowest BCUT2D eigenvalue weighted by molar-refractivity contribution is -0.143. The number of halogens is 6. The van der Waals surface area contributed by atoms with E-state index in [9.17, 15) is 26.3 Å². The van der Waals surface area contributed by atoms with E-state index in [1.807, 2.05) is 19.9 Å². The summed E-state index contributed by atoms with van der Waals surface area (Å²) in [5, 5.41) is 0. The molecule has 0 heterocycles. The zero-order valence-corrected chi connectivity index (χ0v) is 11.9. The third kappa shape index (κ3) is 3.72. The first kappa shape index (κ1) is 16.6. The molecule has 1 aliphatic rings. The van der Waals surface area contributed by atoms with Gasteiger partial charge >= 0.3 is 12.4 Å². The van der Waals surface area contributed by atoms with Gasteiger partial charge in [0.25, 0.3) is 0 Å². The summed E-state index contributed by atoms with van der Waals surface area (Å²) >= 11 is 0. The van der Waals surface area contributed by atoms with E-state index in [1.165, 1.54) is 0 Å². The zero-order valence-electron chi connectivity index (χ0n) is 11.9. The van der Waals surface area contributed by atoms with E-state index < -0.39 is 28.9 Å². The Bertz CT molecular complexity index is 597. The Kier molecular flexibility index (Phi) is 3.92. The topological polar surface area (TPSA) is 0 Å². The lowest BCUT2D eigenvalue weighted by Crippen LogP contribution is -2.13. The quantitative estimate of drug-likeness (QED) is 0.433. The average molecular weight is 320 g/mol. The highest BCUT2D eigenvalue weighted by molar-refractivity contribution is 5.70. The summed E-state index contributed by atoms with van der Waals surface area (Å²) in [4.78, 5) is 0. The highest BCUT2D eigenvalue weighted by atomic mass is 19.4. The minimum Gasteiger partial charge on any atom is -0.166 e. The Morgan fingerprint density at radius 1 is 0.864 bits per heavy atom. The Labute approximate surface area is 124 Å². The monoisotopic (exact) mass is 320 g/mol. The second kappa shape index (κ2) is 5.18. The molecule has 0 spiro atoms. The fourth-order valence-electron chi connectivity index (χ4n) is 2.39. The summed E-state index contributed by atoms with van der Waals surface area (Å²) in [6.07, 6.45) is -4.02. The van der Waals surface area contributed by atoms with Crippen LogP contribution in [0.15, 0.2) is 36.4 Å². The minimum atomic E-state index is -4.82. The first-order valence-corrected chi connectivity index (χ1v) is 6.58. The van der Waals surface area contributed by atoms with Gasteiger partial charge in [0.1, 0.15) is 0 Å². The summed E-state index contributed by atoms with van der Waals surface area (Å²) < 4.78 is 77.1. The van der Waals surface area contributed by atoms with Gasteiger partial charge in [0.05, 0.1) is 11.1 Å². The van der Waals surface area contributed by atoms with Crippen molar-refractivity contribution >= 4 is 5.57 Å². The van der Waals surface area contributed by atoms with Crippen LogP contribution in [0.4, 0.5) is 26.3 Å². The van der Waals surface area contributed by atoms with E-state index in [1.54, 1.807) is 12.2 Å². The zero-order chi connectivity index (χ0) is 16.8. The fourth-order valence-corrected chi connectivity index (χ4v) is 2.39. The van der Waals surface area contributed by atoms with Crippen LogP contribution in [0.25, 0.3) is 5.57 Å². The summed E-state index contributed by atoms with van der Waals surface area (Å²) in [6, 6.07) is 1.69. The van der Waals surface area contributed by atoms with Crippen LogP contribution in [0.1, 0.15) is 37.0 Å². The van der Waals surface area contributed by atoms with Crippen molar-refractivity contribution in [1.82, 2.24) is 0 Å². The molecule has 0 saturated carbocycles. The van der Waals surface area contributed by atoms with Gasteiger partial charge in [0, 0.05) is 5.41 Å². The van der Waals surface area contributed by atoms with Gasteiger partial charge in [-0.25, -0.2) is 0 Å². The number of allylic oxidation sites excluding steroid dienone is 4. The van der Waals surface area contributed by atoms with E-state index in [0.717, 1.165) is 12.1 Å². The average Bonchev–Trinajstić information content (AvgIpc) is 2.35. The largest absolute Gasteiger partial charge is 0.416 e. The normalized spacial score (nSPS) is 18.3. The van der Waals surface area contributed by atoms with Gasteiger partial charge in [0.2, 0.25) is 0 Å². The Morgan fingerprint density at radius 3 is 1.77 bits per heavy atom. The molecule has 6 heteroatoms. The molecule has 1 aromatic rings. The van der Waals surface area contributed by atoms with Gasteiger partial charge in [-0.15, -0.1) is 0 Å². The number of benzene rings is 1. The molecule has 1 aromatic carbocycles. The van der Waals surface area contributed by atoms with Crippen molar-refractivity contribution in [2.24, 2.45) is 5.41 Å². The van der Waals surface area contributed by atoms with Gasteiger partial charge in [-0.3, -0.25) is 0 Å². The van der Waals surface area contributed by atoms with Crippen LogP contribution in [0.5, 0.6) is 0 Å². The molecule has 0 fully saturated rings. The van der Waals surface area contributed by atoms with Gasteiger partial charge in [0.15, 0.2) is 0 Å². The minimum absolute atomic E-state index is 0.0421. The molecule has 0 saturated heterocycles. The first-order chi connectivity index (χ1) is 9.88. The lowest BCUT2D eigenvalue weighted by atomic mass is 9.82. The molecular weight excluding hydrogens is 306 g/mol. The maximum Gasteiger partial charge on any atom is 0.416 e. The molecule has 0 nitrogen and oxygen atoms in total. The number of rotatable bonds is 1. The first-order valence-electron chi connectivity index (χ1n) is 6.58. The van der Waals surface area contributed by atoms with E-state index >= 15 is 0 Å². The van der Waals surface area contributed by atoms with E-state index in [4.69, 9.17) is 0 Å². The third-order valence-corrected chi connectivity index (χ3v) is 3.39. The second-order valence-corrected chi connectivity index (χ2v) is 5.89. The SMILES string of the molecule is CC1(C)C=CCC(c2cc(C(F)(F)F)cc(C(F)(F)F)c2)=C1. The molecule has 0 radical (unpaired) electrons. The maximum absolute atomic E-state index is 12.9. The number of alkyl halides is 6. The molecule has 120 valence electrons. The van der Waals surface area contributed by atoms with Crippen molar-refractivity contribution in [3.05, 3.63) is 53.1 Å². The van der Waals surface area contributed by atoms with Crippen molar-refractivity contribution in [3.63, 3.8) is 0 Å². The highest BCUT2D eigenvalue weighted by Gasteiger charge is 2.37. The van der Waals surface area contributed by atoms with Crippen molar-refractivity contribution in [1.29, 1.82) is 0 Å². The number of hydrogen-bond donors (Lipinski definition) is 0. The van der Waals surface area contributed by atoms with Crippen molar-refractivity contribution in [2.75, 3.05) is 0 Å². The second-order valence-electron chi connectivity index (χ2n) is 5.89. The predicted octanol–water partition coefficient (Wildman–Crippen LogP) is 6.09. The molecule has 22 heavy (non-hydrogen) atoms. The molecule has 0 atom stereocenters. The molecule has 0 bridgehead atoms. The van der Waals surface area contributed by atoms with Crippen LogP contribution < -0.4 is 0 Å². The molecule has 2 rings (SSSR count). The van der Waals surface area contributed by atoms with Crippen LogP contribution in [0.2, 0.25) is 0 Å². The van der Waals surface area contributed by atoms with Crippen LogP contribution in [-0.4, -0.2) is 0 Å². The molecular formula is C16H14F6. The van der Waals surface area contributed by atoms with Crippen molar-refractivity contribution < 1.29 is 26.3 Å². The Hall–Kier alpha value is -1.72. The van der Waals surface area contributed by atoms with E-state index in [0.29, 0.717) is 12.0 Å². The maximum atomic E-state index is 12.9. The summed E-state index contributed by atoms with van der Waals surface area (Å²) in [7, 11) is 0.